The van der Waals surface area contributed by atoms with E-state index in [1.54, 1.807) is 6.07 Å². The Hall–Kier alpha value is -2.44. The minimum Gasteiger partial charge on any atom is -0.481 e. The Morgan fingerprint density at radius 2 is 2.17 bits per heavy atom. The summed E-state index contributed by atoms with van der Waals surface area (Å²) in [5.41, 5.74) is 1.15. The molecular weight excluding hydrogens is 240 g/mol. The van der Waals surface area contributed by atoms with Crippen LogP contribution in [0, 0.1) is 10.1 Å². The lowest BCUT2D eigenvalue weighted by molar-refractivity contribution is -0.384. The fourth-order valence-electron chi connectivity index (χ4n) is 1.97. The molecule has 0 aliphatic carbocycles. The van der Waals surface area contributed by atoms with Gasteiger partial charge in [0.05, 0.1) is 10.6 Å². The third kappa shape index (κ3) is 2.15. The van der Waals surface area contributed by atoms with Crippen molar-refractivity contribution in [3.63, 3.8) is 0 Å². The first-order valence-corrected chi connectivity index (χ1v) is 5.28. The van der Waals surface area contributed by atoms with E-state index in [2.05, 4.69) is 0 Å². The number of benzene rings is 1. The van der Waals surface area contributed by atoms with E-state index in [1.807, 2.05) is 0 Å². The van der Waals surface area contributed by atoms with Crippen LogP contribution in [0.15, 0.2) is 18.2 Å². The van der Waals surface area contributed by atoms with Gasteiger partial charge < -0.3 is 10.0 Å². The number of nitro groups is 1. The predicted molar refractivity (Wildman–Crippen MR) is 61.4 cm³/mol. The summed E-state index contributed by atoms with van der Waals surface area (Å²) in [6.45, 7) is 0.364. The topological polar surface area (TPSA) is 101 Å². The standard InChI is InChI=1S/C11H10N2O5/c14-10(6-11(15)16)12-4-3-7-1-2-8(13(17)18)5-9(7)12/h1-2,5H,3-4,6H2,(H,15,16). The van der Waals surface area contributed by atoms with Crippen LogP contribution in [-0.2, 0) is 16.0 Å². The molecule has 2 rings (SSSR count). The number of amides is 1. The van der Waals surface area contributed by atoms with Crippen molar-refractivity contribution in [2.45, 2.75) is 12.8 Å². The Morgan fingerprint density at radius 3 is 2.78 bits per heavy atom. The highest BCUT2D eigenvalue weighted by Gasteiger charge is 2.27. The summed E-state index contributed by atoms with van der Waals surface area (Å²) in [7, 11) is 0. The minimum absolute atomic E-state index is 0.108. The van der Waals surface area contributed by atoms with Crippen molar-refractivity contribution in [2.24, 2.45) is 0 Å². The van der Waals surface area contributed by atoms with Crippen LogP contribution in [0.4, 0.5) is 11.4 Å². The highest BCUT2D eigenvalue weighted by atomic mass is 16.6. The van der Waals surface area contributed by atoms with E-state index in [4.69, 9.17) is 5.11 Å². The van der Waals surface area contributed by atoms with Gasteiger partial charge in [-0.1, -0.05) is 6.07 Å². The summed E-state index contributed by atoms with van der Waals surface area (Å²) >= 11 is 0. The lowest BCUT2D eigenvalue weighted by atomic mass is 10.1. The monoisotopic (exact) mass is 250 g/mol. The van der Waals surface area contributed by atoms with Crippen LogP contribution in [0.25, 0.3) is 0 Å². The maximum Gasteiger partial charge on any atom is 0.312 e. The van der Waals surface area contributed by atoms with Crippen LogP contribution in [0.3, 0.4) is 0 Å². The van der Waals surface area contributed by atoms with Crippen LogP contribution >= 0.6 is 0 Å². The van der Waals surface area contributed by atoms with E-state index in [0.29, 0.717) is 18.7 Å². The number of nitro benzene ring substituents is 1. The molecule has 7 nitrogen and oxygen atoms in total. The van der Waals surface area contributed by atoms with Gasteiger partial charge in [0, 0.05) is 18.7 Å². The summed E-state index contributed by atoms with van der Waals surface area (Å²) in [4.78, 5) is 33.6. The number of aliphatic carboxylic acids is 1. The van der Waals surface area contributed by atoms with Gasteiger partial charge in [0.1, 0.15) is 6.42 Å². The molecule has 1 N–H and O–H groups in total. The van der Waals surface area contributed by atoms with Crippen molar-refractivity contribution in [2.75, 3.05) is 11.4 Å². The van der Waals surface area contributed by atoms with Crippen LogP contribution in [-0.4, -0.2) is 28.5 Å². The van der Waals surface area contributed by atoms with Gasteiger partial charge in [0.2, 0.25) is 5.91 Å². The third-order valence-corrected chi connectivity index (χ3v) is 2.78. The molecule has 0 saturated carbocycles. The number of hydrogen-bond donors (Lipinski definition) is 1. The number of carboxylic acid groups (broad SMARTS) is 1. The Balaban J connectivity index is 2.31. The van der Waals surface area contributed by atoms with E-state index in [9.17, 15) is 19.7 Å². The Bertz CT molecular complexity index is 540. The lowest BCUT2D eigenvalue weighted by Crippen LogP contribution is -2.30. The molecule has 0 spiro atoms. The predicted octanol–water partition coefficient (Wildman–Crippen LogP) is 0.959. The molecule has 1 aromatic rings. The number of non-ortho nitro benzene ring substituents is 1. The van der Waals surface area contributed by atoms with E-state index in [0.717, 1.165) is 5.56 Å². The van der Waals surface area contributed by atoms with E-state index in [-0.39, 0.29) is 5.69 Å². The molecule has 18 heavy (non-hydrogen) atoms. The Labute approximate surface area is 102 Å². The van der Waals surface area contributed by atoms with Gasteiger partial charge in [0.15, 0.2) is 0 Å². The van der Waals surface area contributed by atoms with Gasteiger partial charge in [-0.25, -0.2) is 0 Å². The van der Waals surface area contributed by atoms with Crippen LogP contribution in [0.1, 0.15) is 12.0 Å². The van der Waals surface area contributed by atoms with Gasteiger partial charge in [-0.2, -0.15) is 0 Å². The average molecular weight is 250 g/mol. The zero-order valence-electron chi connectivity index (χ0n) is 9.33. The molecule has 7 heteroatoms. The molecule has 1 aromatic carbocycles. The zero-order valence-corrected chi connectivity index (χ0v) is 9.33. The molecule has 0 saturated heterocycles. The van der Waals surface area contributed by atoms with Crippen molar-refractivity contribution < 1.29 is 19.6 Å². The molecule has 1 amide bonds. The molecule has 0 bridgehead atoms. The molecule has 94 valence electrons. The zero-order chi connectivity index (χ0) is 13.3. The number of carboxylic acids is 1. The molecule has 1 aliphatic heterocycles. The van der Waals surface area contributed by atoms with Crippen molar-refractivity contribution >= 4 is 23.3 Å². The Kier molecular flexibility index (Phi) is 2.97. The lowest BCUT2D eigenvalue weighted by Gasteiger charge is -2.15. The van der Waals surface area contributed by atoms with Crippen LogP contribution < -0.4 is 4.90 Å². The number of hydrogen-bond acceptors (Lipinski definition) is 4. The van der Waals surface area contributed by atoms with E-state index < -0.39 is 23.2 Å². The number of carbonyl (C=O) groups is 2. The first kappa shape index (κ1) is 12.0. The average Bonchev–Trinajstić information content (AvgIpc) is 2.70. The second kappa shape index (κ2) is 4.44. The highest BCUT2D eigenvalue weighted by molar-refractivity contribution is 6.04. The minimum atomic E-state index is -1.21. The Morgan fingerprint density at radius 1 is 1.44 bits per heavy atom. The summed E-state index contributed by atoms with van der Waals surface area (Å²) in [6, 6.07) is 4.29. The molecular formula is C11H10N2O5. The quantitative estimate of drug-likeness (QED) is 0.489. The van der Waals surface area contributed by atoms with Crippen LogP contribution in [0.2, 0.25) is 0 Å². The highest BCUT2D eigenvalue weighted by Crippen LogP contribution is 2.31. The fourth-order valence-corrected chi connectivity index (χ4v) is 1.97. The SMILES string of the molecule is O=C(O)CC(=O)N1CCc2ccc([N+](=O)[O-])cc21. The molecule has 1 heterocycles. The fraction of sp³-hybridized carbons (Fsp3) is 0.273. The van der Waals surface area contributed by atoms with Crippen LogP contribution in [0.5, 0.6) is 0 Å². The van der Waals surface area contributed by atoms with Gasteiger partial charge in [-0.15, -0.1) is 0 Å². The number of rotatable bonds is 3. The van der Waals surface area contributed by atoms with Gasteiger partial charge in [-0.3, -0.25) is 19.7 Å². The molecule has 0 atom stereocenters. The second-order valence-corrected chi connectivity index (χ2v) is 3.94. The molecule has 0 radical (unpaired) electrons. The maximum absolute atomic E-state index is 11.7. The molecule has 0 fully saturated rings. The molecule has 0 unspecified atom stereocenters. The van der Waals surface area contributed by atoms with Crippen molar-refractivity contribution in [3.8, 4) is 0 Å². The van der Waals surface area contributed by atoms with Crippen molar-refractivity contribution in [1.29, 1.82) is 0 Å². The second-order valence-electron chi connectivity index (χ2n) is 3.94. The smallest absolute Gasteiger partial charge is 0.312 e. The molecule has 1 aliphatic rings. The third-order valence-electron chi connectivity index (χ3n) is 2.78. The largest absolute Gasteiger partial charge is 0.481 e. The normalized spacial score (nSPS) is 13.2. The molecule has 0 aromatic heterocycles. The van der Waals surface area contributed by atoms with Gasteiger partial charge >= 0.3 is 5.97 Å². The van der Waals surface area contributed by atoms with Crippen molar-refractivity contribution in [1.82, 2.24) is 0 Å². The number of nitrogens with zero attached hydrogens (tertiary/aromatic N) is 2. The van der Waals surface area contributed by atoms with E-state index >= 15 is 0 Å². The maximum atomic E-state index is 11.7. The summed E-state index contributed by atoms with van der Waals surface area (Å²) < 4.78 is 0. The van der Waals surface area contributed by atoms with Crippen molar-refractivity contribution in [3.05, 3.63) is 33.9 Å². The van der Waals surface area contributed by atoms with Gasteiger partial charge in [-0.05, 0) is 12.0 Å². The number of carbonyl (C=O) groups excluding carboxylic acids is 1. The van der Waals surface area contributed by atoms with E-state index in [1.165, 1.54) is 17.0 Å². The summed E-state index contributed by atoms with van der Waals surface area (Å²) in [5.74, 6) is -1.76. The summed E-state index contributed by atoms with van der Waals surface area (Å²) in [6.07, 6.45) is -0.0270. The first-order chi connectivity index (χ1) is 8.49. The number of fused-ring (bicyclic) bond motifs is 1. The first-order valence-electron chi connectivity index (χ1n) is 5.28. The number of anilines is 1. The van der Waals surface area contributed by atoms with Gasteiger partial charge in [0.25, 0.3) is 5.69 Å². The summed E-state index contributed by atoms with van der Waals surface area (Å²) in [5, 5.41) is 19.2.